The number of hydrogen-bond donors (Lipinski definition) is 1. The van der Waals surface area contributed by atoms with Crippen LogP contribution in [0.15, 0.2) is 0 Å². The minimum absolute atomic E-state index is 0. The second-order valence-corrected chi connectivity index (χ2v) is 2.19. The topological polar surface area (TPSA) is 21.3 Å². The van der Waals surface area contributed by atoms with Gasteiger partial charge in [-0.05, 0) is 0 Å². The third-order valence-corrected chi connectivity index (χ3v) is 1.20. The van der Waals surface area contributed by atoms with Gasteiger partial charge in [0.05, 0.1) is 6.61 Å². The monoisotopic (exact) mass is 217 g/mol. The molecule has 2 nitrogen and oxygen atoms in total. The fourth-order valence-corrected chi connectivity index (χ4v) is 0.744. The first-order chi connectivity index (χ1) is 3.89. The second-order valence-electron chi connectivity index (χ2n) is 2.19. The molecule has 0 aromatic rings. The number of ether oxygens (including phenoxy) is 1. The second kappa shape index (κ2) is 5.34. The molecule has 1 heterocycles. The van der Waals surface area contributed by atoms with Gasteiger partial charge in [-0.2, -0.15) is 6.92 Å². The van der Waals surface area contributed by atoms with Crippen LogP contribution in [-0.4, -0.2) is 26.3 Å². The molecule has 0 spiro atoms. The largest absolute Gasteiger partial charge is 0.412 e. The molecule has 1 N–H and O–H groups in total. The van der Waals surface area contributed by atoms with Crippen molar-refractivity contribution in [3.05, 3.63) is 5.92 Å². The van der Waals surface area contributed by atoms with E-state index in [2.05, 4.69) is 12.2 Å². The molecule has 0 amide bonds. The van der Waals surface area contributed by atoms with E-state index in [4.69, 9.17) is 4.74 Å². The zero-order valence-corrected chi connectivity index (χ0v) is 7.21. The smallest absolute Gasteiger partial charge is 0.0554 e. The first kappa shape index (κ1) is 9.54. The van der Waals surface area contributed by atoms with Crippen LogP contribution in [-0.2, 0) is 24.2 Å². The molecule has 1 rings (SSSR count). The molecule has 1 radical (unpaired) electrons. The average molecular weight is 217 g/mol. The Morgan fingerprint density at radius 2 is 2.33 bits per heavy atom. The van der Waals surface area contributed by atoms with Crippen molar-refractivity contribution in [2.75, 3.05) is 26.3 Å². The van der Waals surface area contributed by atoms with Crippen LogP contribution in [0.4, 0.5) is 0 Å². The quantitative estimate of drug-likeness (QED) is 0.462. The summed E-state index contributed by atoms with van der Waals surface area (Å²) in [6.45, 7) is 5.83. The van der Waals surface area contributed by atoms with Crippen molar-refractivity contribution >= 4 is 0 Å². The minimum atomic E-state index is 0. The third-order valence-electron chi connectivity index (χ3n) is 1.20. The van der Waals surface area contributed by atoms with E-state index < -0.39 is 0 Å². The Kier molecular flexibility index (Phi) is 5.66. The van der Waals surface area contributed by atoms with Crippen LogP contribution >= 0.6 is 0 Å². The molecule has 9 heavy (non-hydrogen) atoms. The van der Waals surface area contributed by atoms with Gasteiger partial charge in [-0.25, -0.2) is 0 Å². The fraction of sp³-hybridized carbons (Fsp3) is 0.833. The molecule has 0 bridgehead atoms. The van der Waals surface area contributed by atoms with E-state index in [0.29, 0.717) is 0 Å². The summed E-state index contributed by atoms with van der Waals surface area (Å²) in [5.41, 5.74) is 0. The van der Waals surface area contributed by atoms with Gasteiger partial charge >= 0.3 is 0 Å². The molecule has 3 heteroatoms. The number of hydrogen-bond acceptors (Lipinski definition) is 2. The molecule has 0 saturated carbocycles. The molecule has 0 aromatic carbocycles. The van der Waals surface area contributed by atoms with Crippen LogP contribution in [0.5, 0.6) is 0 Å². The van der Waals surface area contributed by atoms with Gasteiger partial charge in [0.1, 0.15) is 0 Å². The first-order valence-corrected chi connectivity index (χ1v) is 2.99. The number of rotatable bonds is 0. The van der Waals surface area contributed by atoms with Crippen LogP contribution < -0.4 is 5.32 Å². The fourth-order valence-electron chi connectivity index (χ4n) is 0.744. The average Bonchev–Trinajstić information content (AvgIpc) is 1.94. The summed E-state index contributed by atoms with van der Waals surface area (Å²) in [6.07, 6.45) is 0. The number of nitrogens with one attached hydrogen (secondary N) is 1. The van der Waals surface area contributed by atoms with Gasteiger partial charge in [0.15, 0.2) is 0 Å². The third kappa shape index (κ3) is 4.02. The summed E-state index contributed by atoms with van der Waals surface area (Å²) in [4.78, 5) is 0. The maximum Gasteiger partial charge on any atom is 0.0554 e. The van der Waals surface area contributed by atoms with Gasteiger partial charge in [-0.15, -0.1) is 6.54 Å². The Balaban J connectivity index is 0.000000640. The molecule has 0 aromatic heterocycles. The molecule has 1 aliphatic heterocycles. The molecule has 0 atom stereocenters. The molecule has 1 fully saturated rings. The Morgan fingerprint density at radius 1 is 1.56 bits per heavy atom. The van der Waals surface area contributed by atoms with E-state index in [0.717, 1.165) is 26.3 Å². The van der Waals surface area contributed by atoms with E-state index in [9.17, 15) is 0 Å². The minimum Gasteiger partial charge on any atom is -0.412 e. The van der Waals surface area contributed by atoms with Gasteiger partial charge in [-0.1, -0.05) is 6.61 Å². The molecule has 1 saturated heterocycles. The van der Waals surface area contributed by atoms with Crippen molar-refractivity contribution in [3.8, 4) is 0 Å². The summed E-state index contributed by atoms with van der Waals surface area (Å²) < 4.78 is 5.21. The van der Waals surface area contributed by atoms with E-state index in [1.54, 1.807) is 0 Å². The van der Waals surface area contributed by atoms with Crippen molar-refractivity contribution in [2.24, 2.45) is 0 Å². The zero-order valence-electron chi connectivity index (χ0n) is 5.57. The Labute approximate surface area is 69.1 Å². The predicted octanol–water partition coefficient (Wildman–Crippen LogP) is 0.198. The summed E-state index contributed by atoms with van der Waals surface area (Å²) in [5.74, 6) is 1.39. The summed E-state index contributed by atoms with van der Waals surface area (Å²) >= 11 is 0. The zero-order chi connectivity index (χ0) is 5.82. The Bertz CT molecular complexity index is 62.1. The van der Waals surface area contributed by atoms with Gasteiger partial charge in [-0.3, -0.25) is 5.92 Å². The van der Waals surface area contributed by atoms with Gasteiger partial charge < -0.3 is 10.1 Å². The van der Waals surface area contributed by atoms with Crippen LogP contribution in [0.3, 0.4) is 0 Å². The molecular formula is C6H12NORh-. The molecule has 0 aliphatic carbocycles. The molecular weight excluding hydrogens is 205 g/mol. The Morgan fingerprint density at radius 3 is 3.11 bits per heavy atom. The van der Waals surface area contributed by atoms with Crippen molar-refractivity contribution in [1.82, 2.24) is 5.32 Å². The Hall–Kier alpha value is 0.543. The van der Waals surface area contributed by atoms with Gasteiger partial charge in [0, 0.05) is 26.0 Å². The normalized spacial score (nSPS) is 22.3. The van der Waals surface area contributed by atoms with E-state index in [1.165, 1.54) is 5.92 Å². The molecule has 57 valence electrons. The van der Waals surface area contributed by atoms with Crippen molar-refractivity contribution < 1.29 is 24.2 Å². The van der Waals surface area contributed by atoms with Crippen molar-refractivity contribution in [1.29, 1.82) is 0 Å². The summed E-state index contributed by atoms with van der Waals surface area (Å²) in [6, 6.07) is 0. The van der Waals surface area contributed by atoms with Crippen LogP contribution in [0.1, 0.15) is 6.92 Å². The van der Waals surface area contributed by atoms with Crippen molar-refractivity contribution in [2.45, 2.75) is 6.92 Å². The van der Waals surface area contributed by atoms with Crippen molar-refractivity contribution in [3.63, 3.8) is 0 Å². The molecule has 1 aliphatic rings. The van der Waals surface area contributed by atoms with E-state index in [-0.39, 0.29) is 19.5 Å². The summed E-state index contributed by atoms with van der Waals surface area (Å²) in [7, 11) is 0. The van der Waals surface area contributed by atoms with Gasteiger partial charge in [0.25, 0.3) is 0 Å². The SMILES string of the molecule is C[C-]1CNCCOC1.[Rh]. The van der Waals surface area contributed by atoms with Gasteiger partial charge in [0.2, 0.25) is 0 Å². The van der Waals surface area contributed by atoms with E-state index in [1.807, 2.05) is 0 Å². The maximum atomic E-state index is 5.21. The van der Waals surface area contributed by atoms with Crippen LogP contribution in [0.2, 0.25) is 0 Å². The predicted molar refractivity (Wildman–Crippen MR) is 32.6 cm³/mol. The van der Waals surface area contributed by atoms with Crippen LogP contribution in [0, 0.1) is 5.92 Å². The molecule has 0 unspecified atom stereocenters. The maximum absolute atomic E-state index is 5.21. The summed E-state index contributed by atoms with van der Waals surface area (Å²) in [5, 5.41) is 3.23. The van der Waals surface area contributed by atoms with Crippen LogP contribution in [0.25, 0.3) is 0 Å². The standard InChI is InChI=1S/C6H12NO.Rh/c1-6-4-7-2-3-8-5-6;/h7H,2-5H2,1H3;/q-1;. The first-order valence-electron chi connectivity index (χ1n) is 2.99. The van der Waals surface area contributed by atoms with E-state index >= 15 is 0 Å².